The van der Waals surface area contributed by atoms with Gasteiger partial charge in [0.25, 0.3) is 5.91 Å². The number of anilines is 2. The quantitative estimate of drug-likeness (QED) is 0.691. The molecule has 0 N–H and O–H groups in total. The number of hydrogen-bond acceptors (Lipinski definition) is 6. The minimum Gasteiger partial charge on any atom is -0.466 e. The van der Waals surface area contributed by atoms with Gasteiger partial charge in [-0.3, -0.25) is 9.59 Å². The van der Waals surface area contributed by atoms with Crippen molar-refractivity contribution in [3.8, 4) is 0 Å². The van der Waals surface area contributed by atoms with E-state index < -0.39 is 0 Å². The Bertz CT molecular complexity index is 867. The van der Waals surface area contributed by atoms with Crippen LogP contribution in [0.25, 0.3) is 0 Å². The number of hydrogen-bond donors (Lipinski definition) is 0. The van der Waals surface area contributed by atoms with Crippen molar-refractivity contribution in [3.05, 3.63) is 41.3 Å². The Morgan fingerprint density at radius 1 is 1.18 bits per heavy atom. The first-order chi connectivity index (χ1) is 13.7. The lowest BCUT2D eigenvalue weighted by Crippen LogP contribution is -2.42. The summed E-state index contributed by atoms with van der Waals surface area (Å²) in [5.41, 5.74) is 1.21. The fraction of sp³-hybridized carbons (Fsp3) is 0.429. The molecule has 1 aromatic carbocycles. The monoisotopic (exact) mass is 416 g/mol. The van der Waals surface area contributed by atoms with Gasteiger partial charge in [0.05, 0.1) is 28.1 Å². The van der Waals surface area contributed by atoms with Crippen LogP contribution >= 0.6 is 23.1 Å². The summed E-state index contributed by atoms with van der Waals surface area (Å²) < 4.78 is 5.15. The van der Waals surface area contributed by atoms with Crippen LogP contribution in [0.2, 0.25) is 0 Å². The molecule has 3 heterocycles. The Hall–Kier alpha value is -1.99. The van der Waals surface area contributed by atoms with Gasteiger partial charge in [0.1, 0.15) is 0 Å². The van der Waals surface area contributed by atoms with E-state index in [0.717, 1.165) is 35.0 Å². The van der Waals surface area contributed by atoms with Gasteiger partial charge in [-0.05, 0) is 44.0 Å². The van der Waals surface area contributed by atoms with Crippen LogP contribution in [-0.4, -0.2) is 48.8 Å². The second-order valence-corrected chi connectivity index (χ2v) is 9.15. The number of carbonyl (C=O) groups is 2. The molecule has 0 radical (unpaired) electrons. The van der Waals surface area contributed by atoms with Gasteiger partial charge in [-0.1, -0.05) is 12.1 Å². The minimum atomic E-state index is -0.205. The molecule has 1 aromatic heterocycles. The fourth-order valence-corrected chi connectivity index (χ4v) is 5.76. The largest absolute Gasteiger partial charge is 0.466 e. The molecule has 2 aromatic rings. The first-order valence-electron chi connectivity index (χ1n) is 9.72. The predicted molar refractivity (Wildman–Crippen MR) is 114 cm³/mol. The number of thiophene rings is 1. The summed E-state index contributed by atoms with van der Waals surface area (Å²) in [5, 5.41) is 1.09. The number of thioether (sulfide) groups is 1. The first kappa shape index (κ1) is 19.3. The van der Waals surface area contributed by atoms with E-state index in [1.54, 1.807) is 4.90 Å². The maximum Gasteiger partial charge on any atom is 0.310 e. The third-order valence-corrected chi connectivity index (χ3v) is 7.26. The van der Waals surface area contributed by atoms with Gasteiger partial charge in [-0.25, -0.2) is 0 Å². The van der Waals surface area contributed by atoms with Crippen LogP contribution in [0.4, 0.5) is 10.7 Å². The number of carbonyl (C=O) groups excluding carboxylic acids is 2. The maximum absolute atomic E-state index is 13.0. The third-order valence-electron chi connectivity index (χ3n) is 5.13. The Labute approximate surface area is 173 Å². The summed E-state index contributed by atoms with van der Waals surface area (Å²) in [5.74, 6) is 0.660. The molecule has 1 saturated heterocycles. The summed E-state index contributed by atoms with van der Waals surface area (Å²) in [6.45, 7) is 4.28. The molecule has 28 heavy (non-hydrogen) atoms. The highest BCUT2D eigenvalue weighted by Gasteiger charge is 2.30. The molecule has 0 aliphatic carbocycles. The summed E-state index contributed by atoms with van der Waals surface area (Å²) in [6.07, 6.45) is 1.63. The molecule has 1 amide bonds. The lowest BCUT2D eigenvalue weighted by atomic mass is 9.98. The zero-order valence-electron chi connectivity index (χ0n) is 15.9. The van der Waals surface area contributed by atoms with Gasteiger partial charge in [-0.15, -0.1) is 23.1 Å². The van der Waals surface area contributed by atoms with Gasteiger partial charge in [-0.2, -0.15) is 0 Å². The van der Waals surface area contributed by atoms with Gasteiger partial charge in [0.15, 0.2) is 0 Å². The summed E-state index contributed by atoms with van der Waals surface area (Å²) in [6, 6.07) is 12.4. The second kappa shape index (κ2) is 8.57. The molecule has 2 aliphatic heterocycles. The molecular weight excluding hydrogens is 392 g/mol. The molecule has 1 fully saturated rings. The number of para-hydroxylation sites is 1. The highest BCUT2D eigenvalue weighted by molar-refractivity contribution is 7.99. The molecule has 1 unspecified atom stereocenters. The van der Waals surface area contributed by atoms with Gasteiger partial charge in [0, 0.05) is 30.3 Å². The number of ether oxygens (including phenoxy) is 1. The Morgan fingerprint density at radius 2 is 2.04 bits per heavy atom. The van der Waals surface area contributed by atoms with Gasteiger partial charge < -0.3 is 14.5 Å². The van der Waals surface area contributed by atoms with Crippen molar-refractivity contribution >= 4 is 45.7 Å². The SMILES string of the molecule is CCOC(=O)C1CCCN(C(=O)c2ccc(N3CCSc4ccccc43)s2)C1. The minimum absolute atomic E-state index is 0.0184. The molecular formula is C21H24N2O3S2. The van der Waals surface area contributed by atoms with Crippen molar-refractivity contribution in [2.75, 3.05) is 36.9 Å². The number of likely N-dealkylation sites (tertiary alicyclic amines) is 1. The molecule has 7 heteroatoms. The van der Waals surface area contributed by atoms with Crippen molar-refractivity contribution in [1.82, 2.24) is 4.90 Å². The summed E-state index contributed by atoms with van der Waals surface area (Å²) in [7, 11) is 0. The number of fused-ring (bicyclic) bond motifs is 1. The molecule has 4 rings (SSSR count). The zero-order valence-corrected chi connectivity index (χ0v) is 17.6. The number of piperidine rings is 1. The average Bonchev–Trinajstić information content (AvgIpc) is 3.23. The fourth-order valence-electron chi connectivity index (χ4n) is 3.76. The first-order valence-corrected chi connectivity index (χ1v) is 11.5. The molecule has 0 saturated carbocycles. The van der Waals surface area contributed by atoms with Crippen molar-refractivity contribution in [3.63, 3.8) is 0 Å². The Balaban J connectivity index is 1.49. The molecule has 0 spiro atoms. The standard InChI is InChI=1S/C21H24N2O3S2/c1-2-26-21(25)15-6-5-11-22(14-15)20(24)18-9-10-19(28-18)23-12-13-27-17-8-4-3-7-16(17)23/h3-4,7-10,15H,2,5-6,11-14H2,1H3. The van der Waals surface area contributed by atoms with Crippen molar-refractivity contribution in [2.45, 2.75) is 24.7 Å². The maximum atomic E-state index is 13.0. The lowest BCUT2D eigenvalue weighted by molar-refractivity contribution is -0.149. The van der Waals surface area contributed by atoms with Crippen molar-refractivity contribution in [2.24, 2.45) is 5.92 Å². The topological polar surface area (TPSA) is 49.9 Å². The molecule has 1 atom stereocenters. The highest BCUT2D eigenvalue weighted by atomic mass is 32.2. The average molecular weight is 417 g/mol. The van der Waals surface area contributed by atoms with Crippen molar-refractivity contribution in [1.29, 1.82) is 0 Å². The number of nitrogens with zero attached hydrogens (tertiary/aromatic N) is 2. The van der Waals surface area contributed by atoms with E-state index in [-0.39, 0.29) is 17.8 Å². The van der Waals surface area contributed by atoms with E-state index in [1.807, 2.05) is 30.8 Å². The van der Waals surface area contributed by atoms with Crippen LogP contribution in [0, 0.1) is 5.92 Å². The molecule has 5 nitrogen and oxygen atoms in total. The summed E-state index contributed by atoms with van der Waals surface area (Å²) >= 11 is 3.41. The van der Waals surface area contributed by atoms with Crippen LogP contribution in [0.5, 0.6) is 0 Å². The number of esters is 1. The van der Waals surface area contributed by atoms with E-state index in [4.69, 9.17) is 4.74 Å². The predicted octanol–water partition coefficient (Wildman–Crippen LogP) is 4.41. The van der Waals surface area contributed by atoms with Crippen LogP contribution in [0.15, 0.2) is 41.3 Å². The van der Waals surface area contributed by atoms with Crippen LogP contribution in [0.1, 0.15) is 29.4 Å². The highest BCUT2D eigenvalue weighted by Crippen LogP contribution is 2.41. The van der Waals surface area contributed by atoms with E-state index in [0.29, 0.717) is 19.7 Å². The van der Waals surface area contributed by atoms with E-state index in [9.17, 15) is 9.59 Å². The van der Waals surface area contributed by atoms with Crippen molar-refractivity contribution < 1.29 is 14.3 Å². The van der Waals surface area contributed by atoms with Gasteiger partial charge in [0.2, 0.25) is 0 Å². The molecule has 2 aliphatic rings. The number of amides is 1. The third kappa shape index (κ3) is 3.91. The van der Waals surface area contributed by atoms with Gasteiger partial charge >= 0.3 is 5.97 Å². The van der Waals surface area contributed by atoms with Crippen LogP contribution < -0.4 is 4.90 Å². The molecule has 0 bridgehead atoms. The summed E-state index contributed by atoms with van der Waals surface area (Å²) in [4.78, 5) is 31.2. The Kier molecular flexibility index (Phi) is 5.92. The number of benzene rings is 1. The van der Waals surface area contributed by atoms with Crippen LogP contribution in [-0.2, 0) is 9.53 Å². The molecule has 148 valence electrons. The second-order valence-electron chi connectivity index (χ2n) is 6.95. The lowest BCUT2D eigenvalue weighted by Gasteiger charge is -2.31. The zero-order chi connectivity index (χ0) is 19.5. The van der Waals surface area contributed by atoms with E-state index >= 15 is 0 Å². The van der Waals surface area contributed by atoms with E-state index in [2.05, 4.69) is 29.2 Å². The normalized spacial score (nSPS) is 19.2. The number of rotatable bonds is 4. The Morgan fingerprint density at radius 3 is 2.89 bits per heavy atom. The van der Waals surface area contributed by atoms with E-state index in [1.165, 1.54) is 21.9 Å². The smallest absolute Gasteiger partial charge is 0.310 e. The van der Waals surface area contributed by atoms with Crippen LogP contribution in [0.3, 0.4) is 0 Å².